The van der Waals surface area contributed by atoms with E-state index in [0.717, 1.165) is 23.8 Å². The number of nitrogens with one attached hydrogen (secondary N) is 1. The fraction of sp³-hybridized carbons (Fsp3) is 0.538. The van der Waals surface area contributed by atoms with Crippen LogP contribution in [0.1, 0.15) is 31.3 Å². The van der Waals surface area contributed by atoms with Gasteiger partial charge in [0.25, 0.3) is 0 Å². The van der Waals surface area contributed by atoms with Gasteiger partial charge in [0.05, 0.1) is 6.04 Å². The summed E-state index contributed by atoms with van der Waals surface area (Å²) in [5, 5.41) is 7.44. The normalized spacial score (nSPS) is 12.2. The third-order valence-corrected chi connectivity index (χ3v) is 3.05. The SMILES string of the molecule is CCn1ncnc1[C@H](C)Nc1ncc(C)c(N(C)C)n1. The lowest BCUT2D eigenvalue weighted by Gasteiger charge is -2.17. The van der Waals surface area contributed by atoms with E-state index in [4.69, 9.17) is 0 Å². The van der Waals surface area contributed by atoms with Gasteiger partial charge in [-0.2, -0.15) is 10.1 Å². The summed E-state index contributed by atoms with van der Waals surface area (Å²) in [4.78, 5) is 15.1. The molecular weight excluding hydrogens is 254 g/mol. The number of aryl methyl sites for hydroxylation is 2. The Bertz CT molecular complexity index is 576. The van der Waals surface area contributed by atoms with E-state index >= 15 is 0 Å². The van der Waals surface area contributed by atoms with Crippen molar-refractivity contribution in [3.05, 3.63) is 23.9 Å². The van der Waals surface area contributed by atoms with E-state index in [1.165, 1.54) is 0 Å². The van der Waals surface area contributed by atoms with Crippen LogP contribution in [-0.4, -0.2) is 38.8 Å². The molecule has 0 aliphatic carbocycles. The zero-order valence-corrected chi connectivity index (χ0v) is 12.6. The van der Waals surface area contributed by atoms with Gasteiger partial charge in [-0.05, 0) is 20.8 Å². The van der Waals surface area contributed by atoms with Crippen molar-refractivity contribution in [1.29, 1.82) is 0 Å². The lowest BCUT2D eigenvalue weighted by atomic mass is 10.3. The molecule has 0 aromatic carbocycles. The first-order valence-corrected chi connectivity index (χ1v) is 6.68. The Hall–Kier alpha value is -2.18. The van der Waals surface area contributed by atoms with E-state index < -0.39 is 0 Å². The molecule has 2 aromatic heterocycles. The number of hydrogen-bond acceptors (Lipinski definition) is 6. The zero-order chi connectivity index (χ0) is 14.7. The predicted octanol–water partition coefficient (Wildman–Crippen LogP) is 1.64. The minimum absolute atomic E-state index is 0.00447. The van der Waals surface area contributed by atoms with Crippen LogP contribution in [0.15, 0.2) is 12.5 Å². The van der Waals surface area contributed by atoms with Crippen molar-refractivity contribution in [3.8, 4) is 0 Å². The van der Waals surface area contributed by atoms with Gasteiger partial charge in [0, 0.05) is 32.4 Å². The summed E-state index contributed by atoms with van der Waals surface area (Å²) in [5.74, 6) is 2.38. The van der Waals surface area contributed by atoms with Crippen molar-refractivity contribution in [1.82, 2.24) is 24.7 Å². The average molecular weight is 275 g/mol. The smallest absolute Gasteiger partial charge is 0.225 e. The molecule has 108 valence electrons. The minimum atomic E-state index is -0.00447. The topological polar surface area (TPSA) is 71.8 Å². The first-order chi connectivity index (χ1) is 9.52. The van der Waals surface area contributed by atoms with Crippen LogP contribution in [0.2, 0.25) is 0 Å². The molecule has 1 N–H and O–H groups in total. The number of rotatable bonds is 5. The van der Waals surface area contributed by atoms with Crippen LogP contribution in [0.4, 0.5) is 11.8 Å². The fourth-order valence-electron chi connectivity index (χ4n) is 2.07. The molecule has 7 heteroatoms. The second-order valence-corrected chi connectivity index (χ2v) is 4.89. The van der Waals surface area contributed by atoms with E-state index in [-0.39, 0.29) is 6.04 Å². The molecule has 0 saturated carbocycles. The molecule has 0 unspecified atom stereocenters. The van der Waals surface area contributed by atoms with Gasteiger partial charge in [-0.25, -0.2) is 14.6 Å². The summed E-state index contributed by atoms with van der Waals surface area (Å²) in [6.07, 6.45) is 3.39. The summed E-state index contributed by atoms with van der Waals surface area (Å²) in [6.45, 7) is 6.85. The molecule has 20 heavy (non-hydrogen) atoms. The maximum atomic E-state index is 4.52. The highest BCUT2D eigenvalue weighted by atomic mass is 15.3. The molecule has 0 radical (unpaired) electrons. The van der Waals surface area contributed by atoms with Gasteiger partial charge in [-0.15, -0.1) is 0 Å². The van der Waals surface area contributed by atoms with Gasteiger partial charge in [0.15, 0.2) is 0 Å². The van der Waals surface area contributed by atoms with Gasteiger partial charge in [-0.3, -0.25) is 0 Å². The zero-order valence-electron chi connectivity index (χ0n) is 12.6. The van der Waals surface area contributed by atoms with Crippen LogP contribution in [0.5, 0.6) is 0 Å². The lowest BCUT2D eigenvalue weighted by molar-refractivity contribution is 0.591. The molecule has 0 spiro atoms. The van der Waals surface area contributed by atoms with Crippen molar-refractivity contribution in [2.24, 2.45) is 0 Å². The molecule has 2 rings (SSSR count). The van der Waals surface area contributed by atoms with Gasteiger partial charge in [0.1, 0.15) is 18.0 Å². The first-order valence-electron chi connectivity index (χ1n) is 6.68. The second-order valence-electron chi connectivity index (χ2n) is 4.89. The van der Waals surface area contributed by atoms with Crippen LogP contribution in [0.25, 0.3) is 0 Å². The third-order valence-electron chi connectivity index (χ3n) is 3.05. The van der Waals surface area contributed by atoms with Gasteiger partial charge >= 0.3 is 0 Å². The summed E-state index contributed by atoms with van der Waals surface area (Å²) in [6, 6.07) is -0.00447. The predicted molar refractivity (Wildman–Crippen MR) is 78.8 cm³/mol. The van der Waals surface area contributed by atoms with Crippen LogP contribution in [0, 0.1) is 6.92 Å². The minimum Gasteiger partial charge on any atom is -0.362 e. The molecular formula is C13H21N7. The summed E-state index contributed by atoms with van der Waals surface area (Å²) >= 11 is 0. The monoisotopic (exact) mass is 275 g/mol. The van der Waals surface area contributed by atoms with E-state index in [0.29, 0.717) is 5.95 Å². The van der Waals surface area contributed by atoms with Gasteiger partial charge < -0.3 is 10.2 Å². The van der Waals surface area contributed by atoms with Crippen LogP contribution in [0.3, 0.4) is 0 Å². The molecule has 2 aromatic rings. The molecule has 1 atom stereocenters. The Labute approximate surface area is 119 Å². The largest absolute Gasteiger partial charge is 0.362 e. The molecule has 7 nitrogen and oxygen atoms in total. The Morgan fingerprint density at radius 3 is 2.75 bits per heavy atom. The summed E-state index contributed by atoms with van der Waals surface area (Å²) in [7, 11) is 3.94. The molecule has 2 heterocycles. The maximum Gasteiger partial charge on any atom is 0.225 e. The van der Waals surface area contributed by atoms with E-state index in [9.17, 15) is 0 Å². The van der Waals surface area contributed by atoms with Crippen molar-refractivity contribution in [2.45, 2.75) is 33.4 Å². The molecule has 0 bridgehead atoms. The lowest BCUT2D eigenvalue weighted by Crippen LogP contribution is -2.18. The number of anilines is 2. The highest BCUT2D eigenvalue weighted by Gasteiger charge is 2.14. The van der Waals surface area contributed by atoms with Gasteiger partial charge in [-0.1, -0.05) is 0 Å². The fourth-order valence-corrected chi connectivity index (χ4v) is 2.07. The quantitative estimate of drug-likeness (QED) is 0.894. The summed E-state index contributed by atoms with van der Waals surface area (Å²) < 4.78 is 1.86. The van der Waals surface area contributed by atoms with E-state index in [1.807, 2.05) is 50.6 Å². The van der Waals surface area contributed by atoms with Crippen molar-refractivity contribution >= 4 is 11.8 Å². The van der Waals surface area contributed by atoms with Crippen LogP contribution >= 0.6 is 0 Å². The molecule has 0 aliphatic heterocycles. The molecule has 0 saturated heterocycles. The average Bonchev–Trinajstić information content (AvgIpc) is 2.89. The Kier molecular flexibility index (Phi) is 4.16. The molecule has 0 amide bonds. The number of hydrogen-bond donors (Lipinski definition) is 1. The van der Waals surface area contributed by atoms with Crippen molar-refractivity contribution < 1.29 is 0 Å². The highest BCUT2D eigenvalue weighted by molar-refractivity contribution is 5.47. The maximum absolute atomic E-state index is 4.52. The van der Waals surface area contributed by atoms with Crippen molar-refractivity contribution in [3.63, 3.8) is 0 Å². The Morgan fingerprint density at radius 1 is 1.35 bits per heavy atom. The second kappa shape index (κ2) is 5.85. The van der Waals surface area contributed by atoms with Crippen molar-refractivity contribution in [2.75, 3.05) is 24.3 Å². The Morgan fingerprint density at radius 2 is 2.10 bits per heavy atom. The highest BCUT2D eigenvalue weighted by Crippen LogP contribution is 2.18. The third kappa shape index (κ3) is 2.87. The van der Waals surface area contributed by atoms with E-state index in [1.54, 1.807) is 6.33 Å². The molecule has 0 fully saturated rings. The molecule has 0 aliphatic rings. The van der Waals surface area contributed by atoms with Crippen LogP contribution < -0.4 is 10.2 Å². The van der Waals surface area contributed by atoms with Crippen LogP contribution in [-0.2, 0) is 6.54 Å². The van der Waals surface area contributed by atoms with Gasteiger partial charge in [0.2, 0.25) is 5.95 Å². The number of aromatic nitrogens is 5. The summed E-state index contributed by atoms with van der Waals surface area (Å²) in [5.41, 5.74) is 1.05. The number of nitrogens with zero attached hydrogens (tertiary/aromatic N) is 6. The van der Waals surface area contributed by atoms with E-state index in [2.05, 4.69) is 25.4 Å². The Balaban J connectivity index is 2.20. The first kappa shape index (κ1) is 14.2. The standard InChI is InChI=1S/C13H21N7/c1-6-20-12(15-8-16-20)10(3)17-13-14-7-9(2)11(18-13)19(4)5/h7-8,10H,6H2,1-5H3,(H,14,17,18)/t10-/m0/s1.